The molecule has 0 aliphatic rings. The second kappa shape index (κ2) is 8.98. The van der Waals surface area contributed by atoms with E-state index in [2.05, 4.69) is 20.6 Å². The minimum Gasteiger partial charge on any atom is -0.392 e. The minimum atomic E-state index is -0.662. The van der Waals surface area contributed by atoms with Crippen LogP contribution in [0.15, 0.2) is 48.9 Å². The van der Waals surface area contributed by atoms with E-state index < -0.39 is 11.9 Å². The molecular formula is C21H20ClFN4O2. The number of nitrogens with zero attached hydrogens (tertiary/aromatic N) is 2. The Morgan fingerprint density at radius 3 is 2.79 bits per heavy atom. The lowest BCUT2D eigenvalue weighted by molar-refractivity contribution is 0.0924. The second-order valence-electron chi connectivity index (χ2n) is 6.61. The van der Waals surface area contributed by atoms with Crippen LogP contribution in [-0.4, -0.2) is 33.6 Å². The number of aryl methyl sites for hydroxylation is 1. The highest BCUT2D eigenvalue weighted by atomic mass is 35.5. The maximum absolute atomic E-state index is 14.2. The highest BCUT2D eigenvalue weighted by Crippen LogP contribution is 2.29. The number of amides is 1. The van der Waals surface area contributed by atoms with Crippen LogP contribution in [0.2, 0.25) is 5.02 Å². The number of nitrogens with one attached hydrogen (secondary N) is 2. The molecule has 1 amide bonds. The fourth-order valence-electron chi connectivity index (χ4n) is 2.66. The van der Waals surface area contributed by atoms with Crippen LogP contribution in [0, 0.1) is 12.7 Å². The third kappa shape index (κ3) is 5.07. The summed E-state index contributed by atoms with van der Waals surface area (Å²) in [7, 11) is 0. The van der Waals surface area contributed by atoms with E-state index in [1.807, 2.05) is 6.92 Å². The summed E-state index contributed by atoms with van der Waals surface area (Å²) in [6, 6.07) is 7.64. The van der Waals surface area contributed by atoms with Gasteiger partial charge >= 0.3 is 0 Å². The summed E-state index contributed by atoms with van der Waals surface area (Å²) in [5, 5.41) is 15.6. The fraction of sp³-hybridized carbons (Fsp3) is 0.190. The number of pyridine rings is 2. The van der Waals surface area contributed by atoms with Gasteiger partial charge < -0.3 is 15.7 Å². The van der Waals surface area contributed by atoms with Crippen LogP contribution in [0.25, 0.3) is 11.3 Å². The normalized spacial score (nSPS) is 11.8. The summed E-state index contributed by atoms with van der Waals surface area (Å²) < 4.78 is 14.2. The zero-order valence-electron chi connectivity index (χ0n) is 15.9. The maximum Gasteiger partial charge on any atom is 0.255 e. The average molecular weight is 415 g/mol. The van der Waals surface area contributed by atoms with E-state index in [0.29, 0.717) is 27.7 Å². The summed E-state index contributed by atoms with van der Waals surface area (Å²) >= 11 is 6.00. The SMILES string of the molecule is Cc1cnc(-c2cc(Cl)ccc2F)cc1Nc1ccncc1C(=O)NC[C@H](C)O. The number of benzene rings is 1. The topological polar surface area (TPSA) is 87.1 Å². The van der Waals surface area contributed by atoms with Crippen molar-refractivity contribution in [2.24, 2.45) is 0 Å². The van der Waals surface area contributed by atoms with E-state index in [-0.39, 0.29) is 18.0 Å². The summed E-state index contributed by atoms with van der Waals surface area (Å²) in [5.41, 5.74) is 3.00. The second-order valence-corrected chi connectivity index (χ2v) is 7.05. The Bertz CT molecular complexity index is 1040. The molecule has 0 aliphatic heterocycles. The Balaban J connectivity index is 1.93. The molecule has 0 radical (unpaired) electrons. The Labute approximate surface area is 172 Å². The number of aromatic nitrogens is 2. The lowest BCUT2D eigenvalue weighted by atomic mass is 10.1. The molecule has 1 aromatic carbocycles. The van der Waals surface area contributed by atoms with Gasteiger partial charge in [0.2, 0.25) is 0 Å². The molecule has 2 aromatic heterocycles. The van der Waals surface area contributed by atoms with Crippen LogP contribution >= 0.6 is 11.6 Å². The molecule has 3 aromatic rings. The number of hydrogen-bond acceptors (Lipinski definition) is 5. The van der Waals surface area contributed by atoms with Crippen molar-refractivity contribution < 1.29 is 14.3 Å². The van der Waals surface area contributed by atoms with Gasteiger partial charge in [-0.1, -0.05) is 11.6 Å². The van der Waals surface area contributed by atoms with E-state index in [9.17, 15) is 14.3 Å². The van der Waals surface area contributed by atoms with E-state index >= 15 is 0 Å². The Kier molecular flexibility index (Phi) is 6.41. The molecule has 8 heteroatoms. The number of anilines is 2. The smallest absolute Gasteiger partial charge is 0.255 e. The number of hydrogen-bond donors (Lipinski definition) is 3. The van der Waals surface area contributed by atoms with Crippen molar-refractivity contribution in [3.63, 3.8) is 0 Å². The number of aliphatic hydroxyl groups is 1. The van der Waals surface area contributed by atoms with Gasteiger partial charge in [0, 0.05) is 41.4 Å². The van der Waals surface area contributed by atoms with Gasteiger partial charge in [0.25, 0.3) is 5.91 Å². The molecule has 0 unspecified atom stereocenters. The molecule has 29 heavy (non-hydrogen) atoms. The molecule has 1 atom stereocenters. The van der Waals surface area contributed by atoms with Gasteiger partial charge in [-0.15, -0.1) is 0 Å². The monoisotopic (exact) mass is 414 g/mol. The zero-order valence-corrected chi connectivity index (χ0v) is 16.7. The van der Waals surface area contributed by atoms with Crippen molar-refractivity contribution in [2.45, 2.75) is 20.0 Å². The molecule has 0 aliphatic carbocycles. The van der Waals surface area contributed by atoms with Gasteiger partial charge in [-0.3, -0.25) is 14.8 Å². The number of halogens is 2. The molecule has 3 N–H and O–H groups in total. The van der Waals surface area contributed by atoms with Crippen molar-refractivity contribution in [2.75, 3.05) is 11.9 Å². The number of carbonyl (C=O) groups is 1. The molecule has 6 nitrogen and oxygen atoms in total. The Hall–Kier alpha value is -3.03. The van der Waals surface area contributed by atoms with Crippen molar-refractivity contribution in [3.8, 4) is 11.3 Å². The molecule has 2 heterocycles. The fourth-order valence-corrected chi connectivity index (χ4v) is 2.84. The maximum atomic E-state index is 14.2. The summed E-state index contributed by atoms with van der Waals surface area (Å²) in [5.74, 6) is -0.798. The first-order valence-corrected chi connectivity index (χ1v) is 9.32. The standard InChI is InChI=1S/C21H20ClFN4O2/c1-12-9-25-20(15-7-14(22)3-4-17(15)23)8-19(12)27-18-5-6-24-11-16(18)21(29)26-10-13(2)28/h3-9,11,13,28H,10H2,1-2H3,(H,26,29)(H,24,25,27)/t13-/m0/s1. The van der Waals surface area contributed by atoms with E-state index in [0.717, 1.165) is 5.56 Å². The number of carbonyl (C=O) groups excluding carboxylic acids is 1. The van der Waals surface area contributed by atoms with Crippen LogP contribution in [0.5, 0.6) is 0 Å². The molecule has 0 saturated heterocycles. The predicted octanol–water partition coefficient (Wildman–Crippen LogP) is 4.10. The molecule has 0 bridgehead atoms. The molecular weight excluding hydrogens is 395 g/mol. The van der Waals surface area contributed by atoms with E-state index in [4.69, 9.17) is 11.6 Å². The van der Waals surface area contributed by atoms with Crippen LogP contribution in [0.1, 0.15) is 22.8 Å². The van der Waals surface area contributed by atoms with Gasteiger partial charge in [0.05, 0.1) is 23.0 Å². The van der Waals surface area contributed by atoms with Gasteiger partial charge in [-0.2, -0.15) is 0 Å². The molecule has 3 rings (SSSR count). The molecule has 0 spiro atoms. The van der Waals surface area contributed by atoms with Crippen LogP contribution in [-0.2, 0) is 0 Å². The Morgan fingerprint density at radius 2 is 2.03 bits per heavy atom. The lowest BCUT2D eigenvalue weighted by Crippen LogP contribution is -2.31. The Morgan fingerprint density at radius 1 is 1.24 bits per heavy atom. The van der Waals surface area contributed by atoms with Crippen LogP contribution < -0.4 is 10.6 Å². The van der Waals surface area contributed by atoms with Crippen LogP contribution in [0.4, 0.5) is 15.8 Å². The van der Waals surface area contributed by atoms with E-state index in [1.54, 1.807) is 31.5 Å². The van der Waals surface area contributed by atoms with Gasteiger partial charge in [-0.05, 0) is 49.7 Å². The van der Waals surface area contributed by atoms with Gasteiger partial charge in [0.1, 0.15) is 5.82 Å². The molecule has 0 saturated carbocycles. The average Bonchev–Trinajstić information content (AvgIpc) is 2.70. The lowest BCUT2D eigenvalue weighted by Gasteiger charge is -2.15. The zero-order chi connectivity index (χ0) is 21.0. The van der Waals surface area contributed by atoms with Crippen molar-refractivity contribution in [3.05, 3.63) is 70.9 Å². The largest absolute Gasteiger partial charge is 0.392 e. The number of rotatable bonds is 6. The van der Waals surface area contributed by atoms with Crippen LogP contribution in [0.3, 0.4) is 0 Å². The third-order valence-electron chi connectivity index (χ3n) is 4.20. The minimum absolute atomic E-state index is 0.125. The highest BCUT2D eigenvalue weighted by Gasteiger charge is 2.15. The summed E-state index contributed by atoms with van der Waals surface area (Å²) in [4.78, 5) is 20.7. The summed E-state index contributed by atoms with van der Waals surface area (Å²) in [6.07, 6.45) is 3.95. The first-order chi connectivity index (χ1) is 13.8. The quantitative estimate of drug-likeness (QED) is 0.565. The van der Waals surface area contributed by atoms with Gasteiger partial charge in [0.15, 0.2) is 0 Å². The molecule has 0 fully saturated rings. The first-order valence-electron chi connectivity index (χ1n) is 8.94. The van der Waals surface area contributed by atoms with Crippen molar-refractivity contribution in [1.29, 1.82) is 0 Å². The first kappa shape index (κ1) is 20.7. The predicted molar refractivity (Wildman–Crippen MR) is 111 cm³/mol. The van der Waals surface area contributed by atoms with Crippen molar-refractivity contribution in [1.82, 2.24) is 15.3 Å². The number of aliphatic hydroxyl groups excluding tert-OH is 1. The molecule has 150 valence electrons. The van der Waals surface area contributed by atoms with E-state index in [1.165, 1.54) is 24.4 Å². The van der Waals surface area contributed by atoms with Gasteiger partial charge in [-0.25, -0.2) is 4.39 Å². The summed E-state index contributed by atoms with van der Waals surface area (Å²) in [6.45, 7) is 3.56. The highest BCUT2D eigenvalue weighted by molar-refractivity contribution is 6.30. The van der Waals surface area contributed by atoms with Crippen molar-refractivity contribution >= 4 is 28.9 Å². The third-order valence-corrected chi connectivity index (χ3v) is 4.44.